The van der Waals surface area contributed by atoms with E-state index in [0.717, 1.165) is 19.3 Å². The molecule has 4 N–H and O–H groups in total. The van der Waals surface area contributed by atoms with Crippen molar-refractivity contribution >= 4 is 35.4 Å². The molecule has 0 spiro atoms. The van der Waals surface area contributed by atoms with Gasteiger partial charge < -0.3 is 31.1 Å². The molecule has 3 aliphatic rings. The van der Waals surface area contributed by atoms with Crippen LogP contribution in [0.2, 0.25) is 0 Å². The molecule has 12 nitrogen and oxygen atoms in total. The third kappa shape index (κ3) is 8.09. The summed E-state index contributed by atoms with van der Waals surface area (Å²) in [5, 5.41) is 11.3. The molecule has 0 aromatic heterocycles. The van der Waals surface area contributed by atoms with Crippen molar-refractivity contribution in [3.8, 4) is 0 Å². The number of carbonyl (C=O) groups excluding carboxylic acids is 6. The lowest BCUT2D eigenvalue weighted by molar-refractivity contribution is -0.146. The van der Waals surface area contributed by atoms with Gasteiger partial charge in [0.25, 0.3) is 5.91 Å². The summed E-state index contributed by atoms with van der Waals surface area (Å²) in [7, 11) is 1.67. The number of nitrogens with one attached hydrogen (secondary N) is 4. The summed E-state index contributed by atoms with van der Waals surface area (Å²) in [6.07, 6.45) is 3.83. The Morgan fingerprint density at radius 1 is 0.978 bits per heavy atom. The van der Waals surface area contributed by atoms with E-state index in [9.17, 15) is 28.8 Å². The molecule has 6 amide bonds. The van der Waals surface area contributed by atoms with Crippen LogP contribution in [0.25, 0.3) is 0 Å². The van der Waals surface area contributed by atoms with E-state index >= 15 is 0 Å². The van der Waals surface area contributed by atoms with Crippen molar-refractivity contribution < 1.29 is 28.8 Å². The van der Waals surface area contributed by atoms with Crippen LogP contribution in [0.15, 0.2) is 12.7 Å². The first kappa shape index (κ1) is 37.0. The highest BCUT2D eigenvalue weighted by Gasteiger charge is 2.70. The number of nitrogens with zero attached hydrogens (tertiary/aromatic N) is 2. The topological polar surface area (TPSA) is 157 Å². The minimum absolute atomic E-state index is 0.0859. The molecule has 2 saturated carbocycles. The number of piperidine rings is 1. The summed E-state index contributed by atoms with van der Waals surface area (Å²) in [5.74, 6) is -2.61. The van der Waals surface area contributed by atoms with Gasteiger partial charge in [0.15, 0.2) is 0 Å². The van der Waals surface area contributed by atoms with Gasteiger partial charge >= 0.3 is 6.03 Å². The summed E-state index contributed by atoms with van der Waals surface area (Å²) in [6, 6.07) is -3.74. The SMILES string of the molecule is C=CCNC(=O)C(=O)C(NC(=O)[C@@H]1[C@@H]2[C@H](CN1C(=O)[C@@H](NC(=O)N[C@H](CN(C)C(C)=O)C(C)(C)C)C(C)(C)C)C2(C)C)C1CCC1. The molecule has 3 fully saturated rings. The Labute approximate surface area is 274 Å². The zero-order valence-corrected chi connectivity index (χ0v) is 29.4. The fourth-order valence-corrected chi connectivity index (χ4v) is 6.70. The van der Waals surface area contributed by atoms with Crippen LogP contribution in [0.3, 0.4) is 0 Å². The van der Waals surface area contributed by atoms with E-state index in [0.29, 0.717) is 13.1 Å². The molecule has 46 heavy (non-hydrogen) atoms. The number of urea groups is 1. The number of amides is 6. The average molecular weight is 645 g/mol. The third-order valence-corrected chi connectivity index (χ3v) is 10.3. The fraction of sp³-hybridized carbons (Fsp3) is 0.765. The number of likely N-dealkylation sites (N-methyl/N-ethyl adjacent to an activating group) is 1. The van der Waals surface area contributed by atoms with Crippen LogP contribution < -0.4 is 21.3 Å². The number of Topliss-reactive ketones (excluding diaryl/α,β-unsaturated/α-hetero) is 1. The fourth-order valence-electron chi connectivity index (χ4n) is 6.70. The molecule has 0 aromatic carbocycles. The Hall–Kier alpha value is -3.44. The van der Waals surface area contributed by atoms with Gasteiger partial charge in [0.05, 0.1) is 6.04 Å². The van der Waals surface area contributed by atoms with Crippen LogP contribution in [0.4, 0.5) is 4.79 Å². The van der Waals surface area contributed by atoms with E-state index < -0.39 is 53.2 Å². The van der Waals surface area contributed by atoms with Gasteiger partial charge in [0.2, 0.25) is 23.5 Å². The number of hydrogen-bond acceptors (Lipinski definition) is 6. The smallest absolute Gasteiger partial charge is 0.315 e. The highest BCUT2D eigenvalue weighted by atomic mass is 16.2. The predicted octanol–water partition coefficient (Wildman–Crippen LogP) is 2.23. The number of fused-ring (bicyclic) bond motifs is 1. The second-order valence-corrected chi connectivity index (χ2v) is 16.2. The summed E-state index contributed by atoms with van der Waals surface area (Å²) < 4.78 is 0. The summed E-state index contributed by atoms with van der Waals surface area (Å²) in [6.45, 7) is 21.4. The Morgan fingerprint density at radius 3 is 2.07 bits per heavy atom. The third-order valence-electron chi connectivity index (χ3n) is 10.3. The van der Waals surface area contributed by atoms with Crippen LogP contribution in [-0.2, 0) is 24.0 Å². The van der Waals surface area contributed by atoms with Gasteiger partial charge in [-0.2, -0.15) is 0 Å². The van der Waals surface area contributed by atoms with Gasteiger partial charge in [0.1, 0.15) is 18.1 Å². The lowest BCUT2D eigenvalue weighted by atomic mass is 9.77. The molecule has 6 atom stereocenters. The Bertz CT molecular complexity index is 1230. The van der Waals surface area contributed by atoms with Crippen LogP contribution in [0, 0.1) is 34.0 Å². The van der Waals surface area contributed by atoms with Gasteiger partial charge in [-0.05, 0) is 46.8 Å². The van der Waals surface area contributed by atoms with E-state index in [1.165, 1.54) is 17.9 Å². The van der Waals surface area contributed by atoms with Crippen molar-refractivity contribution in [2.75, 3.05) is 26.7 Å². The minimum Gasteiger partial charge on any atom is -0.346 e. The number of likely N-dealkylation sites (tertiary alicyclic amines) is 1. The van der Waals surface area contributed by atoms with Gasteiger partial charge in [-0.1, -0.05) is 67.9 Å². The van der Waals surface area contributed by atoms with E-state index in [-0.39, 0.29) is 46.9 Å². The van der Waals surface area contributed by atoms with Crippen molar-refractivity contribution in [1.82, 2.24) is 31.1 Å². The molecule has 1 saturated heterocycles. The molecule has 0 bridgehead atoms. The Kier molecular flexibility index (Phi) is 11.1. The highest BCUT2D eigenvalue weighted by Crippen LogP contribution is 2.65. The van der Waals surface area contributed by atoms with Crippen LogP contribution >= 0.6 is 0 Å². The highest BCUT2D eigenvalue weighted by molar-refractivity contribution is 6.38. The molecule has 2 aliphatic carbocycles. The quantitative estimate of drug-likeness (QED) is 0.189. The molecule has 1 unspecified atom stereocenters. The van der Waals surface area contributed by atoms with E-state index in [1.807, 2.05) is 41.5 Å². The first-order valence-electron chi connectivity index (χ1n) is 16.4. The van der Waals surface area contributed by atoms with E-state index in [2.05, 4.69) is 41.7 Å². The number of rotatable bonds is 12. The van der Waals surface area contributed by atoms with Gasteiger partial charge in [-0.25, -0.2) is 4.79 Å². The lowest BCUT2D eigenvalue weighted by Crippen LogP contribution is -2.63. The number of hydrogen-bond donors (Lipinski definition) is 4. The lowest BCUT2D eigenvalue weighted by Gasteiger charge is -2.39. The maximum Gasteiger partial charge on any atom is 0.315 e. The van der Waals surface area contributed by atoms with Crippen molar-refractivity contribution in [1.29, 1.82) is 0 Å². The normalized spacial score (nSPS) is 23.9. The van der Waals surface area contributed by atoms with Crippen LogP contribution in [0.5, 0.6) is 0 Å². The van der Waals surface area contributed by atoms with Crippen molar-refractivity contribution in [3.63, 3.8) is 0 Å². The molecule has 0 aromatic rings. The van der Waals surface area contributed by atoms with E-state index in [1.54, 1.807) is 11.9 Å². The van der Waals surface area contributed by atoms with Crippen LogP contribution in [-0.4, -0.2) is 96.1 Å². The van der Waals surface area contributed by atoms with E-state index in [4.69, 9.17) is 0 Å². The number of carbonyl (C=O) groups is 6. The molecule has 258 valence electrons. The second-order valence-electron chi connectivity index (χ2n) is 16.2. The summed E-state index contributed by atoms with van der Waals surface area (Å²) >= 11 is 0. The minimum atomic E-state index is -0.978. The maximum absolute atomic E-state index is 14.3. The molecule has 12 heteroatoms. The number of ketones is 1. The average Bonchev–Trinajstić information content (AvgIpc) is 3.23. The molecule has 1 aliphatic heterocycles. The van der Waals surface area contributed by atoms with Crippen LogP contribution in [0.1, 0.15) is 81.6 Å². The molecule has 1 heterocycles. The first-order valence-corrected chi connectivity index (χ1v) is 16.4. The van der Waals surface area contributed by atoms with Crippen molar-refractivity contribution in [2.45, 2.75) is 106 Å². The molecule has 3 rings (SSSR count). The second kappa shape index (κ2) is 13.7. The largest absolute Gasteiger partial charge is 0.346 e. The Morgan fingerprint density at radius 2 is 1.59 bits per heavy atom. The summed E-state index contributed by atoms with van der Waals surface area (Å²) in [4.78, 5) is 82.6. The van der Waals surface area contributed by atoms with Gasteiger partial charge in [0, 0.05) is 33.6 Å². The first-order chi connectivity index (χ1) is 21.1. The zero-order chi connectivity index (χ0) is 34.9. The molecular formula is C34H56N6O6. The van der Waals surface area contributed by atoms with Gasteiger partial charge in [-0.15, -0.1) is 6.58 Å². The van der Waals surface area contributed by atoms with Gasteiger partial charge in [-0.3, -0.25) is 24.0 Å². The zero-order valence-electron chi connectivity index (χ0n) is 29.4. The monoisotopic (exact) mass is 644 g/mol. The standard InChI is InChI=1S/C34H56N6O6/c1-12-16-35-29(44)26(42)24(20-14-13-15-20)37-28(43)25-23-21(34(23,9)10)17-40(25)30(45)27(33(6,7)8)38-31(46)36-22(32(3,4)5)18-39(11)19(2)41/h12,20-25,27H,1,13-18H2,2-11H3,(H,35,44)(H,37,43)(H2,36,38,46)/t21-,22+,23-,24?,25-,27+/m0/s1. The summed E-state index contributed by atoms with van der Waals surface area (Å²) in [5.41, 5.74) is -1.27. The molecular weight excluding hydrogens is 588 g/mol. The Balaban J connectivity index is 1.83. The molecule has 0 radical (unpaired) electrons. The van der Waals surface area contributed by atoms with Crippen molar-refractivity contribution in [3.05, 3.63) is 12.7 Å². The van der Waals surface area contributed by atoms with Crippen molar-refractivity contribution in [2.24, 2.45) is 34.0 Å². The maximum atomic E-state index is 14.3. The predicted molar refractivity (Wildman–Crippen MR) is 175 cm³/mol.